The third-order valence-corrected chi connectivity index (χ3v) is 4.71. The molecular weight excluding hydrogens is 276 g/mol. The van der Waals surface area contributed by atoms with Crippen LogP contribution in [-0.4, -0.2) is 42.1 Å². The maximum Gasteiger partial charge on any atom is 0.220 e. The Morgan fingerprint density at radius 3 is 2.91 bits per heavy atom. The van der Waals surface area contributed by atoms with Crippen LogP contribution >= 0.6 is 0 Å². The molecule has 2 heterocycles. The normalized spacial score (nSPS) is 24.5. The van der Waals surface area contributed by atoms with Gasteiger partial charge in [0.2, 0.25) is 5.91 Å². The monoisotopic (exact) mass is 304 g/mol. The summed E-state index contributed by atoms with van der Waals surface area (Å²) in [6.45, 7) is 7.50. The summed E-state index contributed by atoms with van der Waals surface area (Å²) < 4.78 is 0. The molecule has 1 saturated heterocycles. The highest BCUT2D eigenvalue weighted by atomic mass is 16.1. The van der Waals surface area contributed by atoms with Crippen LogP contribution in [0.15, 0.2) is 10.2 Å². The Labute approximate surface area is 133 Å². The Morgan fingerprint density at radius 2 is 2.27 bits per heavy atom. The molecule has 0 aromatic rings. The standard InChI is InChI=1S/C17H28N4O/c1-4-5-9-17(19-20-17)10-8-16(22)18-12-15(3)21-11-6-7-14(2)13-21/h1,14-15H,5-13H2,2-3H3,(H,18,22). The average Bonchev–Trinajstić information content (AvgIpc) is 3.29. The number of carbonyl (C=O) groups is 1. The topological polar surface area (TPSA) is 57.1 Å². The maximum absolute atomic E-state index is 12.0. The zero-order chi connectivity index (χ0) is 16.0. The minimum absolute atomic E-state index is 0.0919. The number of nitrogens with one attached hydrogen (secondary N) is 1. The fraction of sp³-hybridized carbons (Fsp3) is 0.824. The lowest BCUT2D eigenvalue weighted by molar-refractivity contribution is -0.121. The summed E-state index contributed by atoms with van der Waals surface area (Å²) >= 11 is 0. The number of hydrogen-bond donors (Lipinski definition) is 1. The number of rotatable bonds is 8. The van der Waals surface area contributed by atoms with E-state index in [-0.39, 0.29) is 11.6 Å². The van der Waals surface area contributed by atoms with Crippen molar-refractivity contribution < 1.29 is 4.79 Å². The smallest absolute Gasteiger partial charge is 0.220 e. The molecule has 122 valence electrons. The van der Waals surface area contributed by atoms with Crippen LogP contribution in [0.25, 0.3) is 0 Å². The largest absolute Gasteiger partial charge is 0.355 e. The van der Waals surface area contributed by atoms with Gasteiger partial charge in [0.15, 0.2) is 5.66 Å². The first-order valence-corrected chi connectivity index (χ1v) is 8.43. The van der Waals surface area contributed by atoms with Crippen LogP contribution in [0.2, 0.25) is 0 Å². The van der Waals surface area contributed by atoms with Gasteiger partial charge in [-0.2, -0.15) is 10.2 Å². The van der Waals surface area contributed by atoms with E-state index in [1.165, 1.54) is 12.8 Å². The Hall–Kier alpha value is -1.41. The molecule has 0 bridgehead atoms. The molecule has 2 aliphatic heterocycles. The lowest BCUT2D eigenvalue weighted by Crippen LogP contribution is -2.46. The number of hydrogen-bond acceptors (Lipinski definition) is 4. The number of piperidine rings is 1. The Kier molecular flexibility index (Phi) is 5.96. The van der Waals surface area contributed by atoms with Crippen molar-refractivity contribution in [3.63, 3.8) is 0 Å². The van der Waals surface area contributed by atoms with Gasteiger partial charge in [0, 0.05) is 44.8 Å². The zero-order valence-corrected chi connectivity index (χ0v) is 13.8. The molecule has 0 saturated carbocycles. The number of carbonyl (C=O) groups excluding carboxylic acids is 1. The zero-order valence-electron chi connectivity index (χ0n) is 13.8. The van der Waals surface area contributed by atoms with Gasteiger partial charge in [0.05, 0.1) is 0 Å². The molecule has 2 atom stereocenters. The van der Waals surface area contributed by atoms with Crippen LogP contribution in [0, 0.1) is 18.3 Å². The second-order valence-electron chi connectivity index (χ2n) is 6.78. The first-order chi connectivity index (χ1) is 10.5. The van der Waals surface area contributed by atoms with E-state index in [4.69, 9.17) is 6.42 Å². The molecule has 2 aliphatic rings. The molecule has 0 radical (unpaired) electrons. The highest BCUT2D eigenvalue weighted by molar-refractivity contribution is 5.76. The number of nitrogens with zero attached hydrogens (tertiary/aromatic N) is 3. The molecular formula is C17H28N4O. The quantitative estimate of drug-likeness (QED) is 0.701. The summed E-state index contributed by atoms with van der Waals surface area (Å²) in [4.78, 5) is 14.5. The Bertz CT molecular complexity index is 448. The van der Waals surface area contributed by atoms with E-state index in [2.05, 4.69) is 40.2 Å². The van der Waals surface area contributed by atoms with E-state index in [0.717, 1.165) is 32.0 Å². The fourth-order valence-corrected chi connectivity index (χ4v) is 3.09. The predicted octanol–water partition coefficient (Wildman–Crippen LogP) is 2.58. The molecule has 1 amide bonds. The second kappa shape index (κ2) is 7.73. The van der Waals surface area contributed by atoms with E-state index in [1.807, 2.05) is 0 Å². The first-order valence-electron chi connectivity index (χ1n) is 8.43. The Balaban J connectivity index is 1.62. The fourth-order valence-electron chi connectivity index (χ4n) is 3.09. The van der Waals surface area contributed by atoms with Crippen molar-refractivity contribution >= 4 is 5.91 Å². The van der Waals surface area contributed by atoms with Gasteiger partial charge in [0.25, 0.3) is 0 Å². The van der Waals surface area contributed by atoms with Gasteiger partial charge >= 0.3 is 0 Å². The van der Waals surface area contributed by atoms with Crippen molar-refractivity contribution in [1.29, 1.82) is 0 Å². The van der Waals surface area contributed by atoms with E-state index in [1.54, 1.807) is 0 Å². The highest BCUT2D eigenvalue weighted by Crippen LogP contribution is 2.37. The summed E-state index contributed by atoms with van der Waals surface area (Å²) in [5, 5.41) is 11.2. The van der Waals surface area contributed by atoms with Crippen molar-refractivity contribution in [2.75, 3.05) is 19.6 Å². The first kappa shape index (κ1) is 17.0. The summed E-state index contributed by atoms with van der Waals surface area (Å²) in [5.41, 5.74) is -0.350. The van der Waals surface area contributed by atoms with Crippen molar-refractivity contribution in [3.05, 3.63) is 0 Å². The molecule has 0 spiro atoms. The molecule has 22 heavy (non-hydrogen) atoms. The molecule has 0 aliphatic carbocycles. The van der Waals surface area contributed by atoms with Gasteiger partial charge in [-0.3, -0.25) is 9.69 Å². The lowest BCUT2D eigenvalue weighted by atomic mass is 9.99. The minimum Gasteiger partial charge on any atom is -0.355 e. The van der Waals surface area contributed by atoms with Gasteiger partial charge < -0.3 is 5.32 Å². The van der Waals surface area contributed by atoms with E-state index in [9.17, 15) is 4.79 Å². The van der Waals surface area contributed by atoms with Gasteiger partial charge in [-0.25, -0.2) is 0 Å². The second-order valence-corrected chi connectivity index (χ2v) is 6.78. The molecule has 5 heteroatoms. The third kappa shape index (κ3) is 5.10. The minimum atomic E-state index is -0.350. The van der Waals surface area contributed by atoms with E-state index < -0.39 is 0 Å². The number of amides is 1. The van der Waals surface area contributed by atoms with Crippen LogP contribution in [0.4, 0.5) is 0 Å². The molecule has 2 rings (SSSR count). The van der Waals surface area contributed by atoms with Crippen molar-refractivity contribution in [3.8, 4) is 12.3 Å². The van der Waals surface area contributed by atoms with Crippen LogP contribution in [0.1, 0.15) is 52.4 Å². The van der Waals surface area contributed by atoms with Gasteiger partial charge in [0.1, 0.15) is 0 Å². The van der Waals surface area contributed by atoms with Crippen LogP contribution < -0.4 is 5.32 Å². The van der Waals surface area contributed by atoms with Crippen LogP contribution in [0.3, 0.4) is 0 Å². The van der Waals surface area contributed by atoms with E-state index in [0.29, 0.717) is 25.3 Å². The predicted molar refractivity (Wildman–Crippen MR) is 87.3 cm³/mol. The van der Waals surface area contributed by atoms with Crippen molar-refractivity contribution in [2.24, 2.45) is 16.1 Å². The molecule has 0 aromatic carbocycles. The van der Waals surface area contributed by atoms with Gasteiger partial charge in [-0.15, -0.1) is 12.3 Å². The van der Waals surface area contributed by atoms with Crippen molar-refractivity contribution in [2.45, 2.75) is 64.1 Å². The molecule has 1 fully saturated rings. The highest BCUT2D eigenvalue weighted by Gasteiger charge is 2.39. The summed E-state index contributed by atoms with van der Waals surface area (Å²) in [6, 6.07) is 0.400. The summed E-state index contributed by atoms with van der Waals surface area (Å²) in [6.07, 6.45) is 10.4. The maximum atomic E-state index is 12.0. The molecule has 5 nitrogen and oxygen atoms in total. The Morgan fingerprint density at radius 1 is 1.50 bits per heavy atom. The van der Waals surface area contributed by atoms with E-state index >= 15 is 0 Å². The average molecular weight is 304 g/mol. The van der Waals surface area contributed by atoms with Crippen LogP contribution in [0.5, 0.6) is 0 Å². The number of terminal acetylenes is 1. The summed E-state index contributed by atoms with van der Waals surface area (Å²) in [7, 11) is 0. The summed E-state index contributed by atoms with van der Waals surface area (Å²) in [5.74, 6) is 3.46. The van der Waals surface area contributed by atoms with Gasteiger partial charge in [-0.05, 0) is 32.2 Å². The van der Waals surface area contributed by atoms with Crippen LogP contribution in [-0.2, 0) is 4.79 Å². The molecule has 0 aromatic heterocycles. The number of likely N-dealkylation sites (tertiary alicyclic amines) is 1. The third-order valence-electron chi connectivity index (χ3n) is 4.71. The molecule has 2 unspecified atom stereocenters. The SMILES string of the molecule is C#CCCC1(CCC(=O)NCC(C)N2CCCC(C)C2)N=N1. The lowest BCUT2D eigenvalue weighted by Gasteiger charge is -2.35. The van der Waals surface area contributed by atoms with Gasteiger partial charge in [-0.1, -0.05) is 6.92 Å². The van der Waals surface area contributed by atoms with Crippen molar-refractivity contribution in [1.82, 2.24) is 10.2 Å². The molecule has 1 N–H and O–H groups in total.